The summed E-state index contributed by atoms with van der Waals surface area (Å²) in [6, 6.07) is 14.9. The van der Waals surface area contributed by atoms with Crippen molar-refractivity contribution in [1.29, 1.82) is 0 Å². The second kappa shape index (κ2) is 11.9. The molecule has 0 bridgehead atoms. The topological polar surface area (TPSA) is 85.6 Å². The molecule has 0 atom stereocenters. The van der Waals surface area contributed by atoms with Crippen molar-refractivity contribution in [2.75, 3.05) is 66.3 Å². The third-order valence-electron chi connectivity index (χ3n) is 6.60. The van der Waals surface area contributed by atoms with E-state index in [1.807, 2.05) is 36.4 Å². The Kier molecular flexibility index (Phi) is 8.38. The minimum atomic E-state index is -3.54. The van der Waals surface area contributed by atoms with Gasteiger partial charge in [-0.25, -0.2) is 13.4 Å². The largest absolute Gasteiger partial charge is 0.497 e. The van der Waals surface area contributed by atoms with Gasteiger partial charge < -0.3 is 18.8 Å². The number of hydrogen-bond acceptors (Lipinski definition) is 8. The average Bonchev–Trinajstić information content (AvgIpc) is 3.35. The second-order valence-electron chi connectivity index (χ2n) is 8.86. The van der Waals surface area contributed by atoms with Gasteiger partial charge in [-0.3, -0.25) is 4.90 Å². The number of benzene rings is 2. The van der Waals surface area contributed by atoms with Gasteiger partial charge >= 0.3 is 0 Å². The highest BCUT2D eigenvalue weighted by molar-refractivity contribution is 7.89. The van der Waals surface area contributed by atoms with Crippen molar-refractivity contribution < 1.29 is 22.6 Å². The monoisotopic (exact) mass is 544 g/mol. The highest BCUT2D eigenvalue weighted by Crippen LogP contribution is 2.25. The zero-order chi connectivity index (χ0) is 25.7. The Morgan fingerprint density at radius 3 is 2.19 bits per heavy atom. The summed E-state index contributed by atoms with van der Waals surface area (Å²) in [5, 5.41) is 2.09. The van der Waals surface area contributed by atoms with E-state index in [0.717, 1.165) is 66.9 Å². The molecule has 0 N–H and O–H groups in total. The van der Waals surface area contributed by atoms with E-state index in [0.29, 0.717) is 31.2 Å². The zero-order valence-electron chi connectivity index (χ0n) is 20.9. The lowest BCUT2D eigenvalue weighted by atomic mass is 10.2. The molecule has 0 amide bonds. The number of thiazole rings is 1. The Bertz CT molecular complexity index is 1340. The molecule has 1 aromatic heterocycles. The Morgan fingerprint density at radius 2 is 1.54 bits per heavy atom. The number of methoxy groups -OCH3 is 1. The van der Waals surface area contributed by atoms with Crippen LogP contribution >= 0.6 is 11.3 Å². The molecule has 0 radical (unpaired) electrons. The number of rotatable bonds is 8. The molecule has 0 saturated carbocycles. The summed E-state index contributed by atoms with van der Waals surface area (Å²) in [4.78, 5) is 8.50. The first-order valence-corrected chi connectivity index (χ1v) is 14.7. The summed E-state index contributed by atoms with van der Waals surface area (Å²) >= 11 is 1.58. The fourth-order valence-corrected chi connectivity index (χ4v) is 6.80. The van der Waals surface area contributed by atoms with Gasteiger partial charge in [-0.2, -0.15) is 4.31 Å². The molecular formula is C26H32N4O5S2. The first-order chi connectivity index (χ1) is 18.0. The van der Waals surface area contributed by atoms with Crippen molar-refractivity contribution in [3.05, 3.63) is 58.7 Å². The van der Waals surface area contributed by atoms with Crippen molar-refractivity contribution in [2.24, 2.45) is 4.99 Å². The molecule has 3 aromatic rings. The molecule has 198 valence electrons. The highest BCUT2D eigenvalue weighted by Gasteiger charge is 2.26. The van der Waals surface area contributed by atoms with Crippen LogP contribution in [-0.2, 0) is 26.0 Å². The van der Waals surface area contributed by atoms with Crippen molar-refractivity contribution in [3.8, 4) is 17.0 Å². The summed E-state index contributed by atoms with van der Waals surface area (Å²) in [6.45, 7) is 6.60. The lowest BCUT2D eigenvalue weighted by Gasteiger charge is -2.27. The summed E-state index contributed by atoms with van der Waals surface area (Å²) in [6.07, 6.45) is 0. The van der Waals surface area contributed by atoms with Crippen LogP contribution in [0, 0.1) is 0 Å². The maximum absolute atomic E-state index is 13.1. The van der Waals surface area contributed by atoms with Crippen molar-refractivity contribution in [3.63, 3.8) is 0 Å². The Balaban J connectivity index is 1.45. The normalized spacial score (nSPS) is 18.2. The molecular weight excluding hydrogens is 512 g/mol. The average molecular weight is 545 g/mol. The van der Waals surface area contributed by atoms with Crippen LogP contribution in [0.25, 0.3) is 11.3 Å². The number of sulfonamides is 1. The smallest absolute Gasteiger partial charge is 0.243 e. The molecule has 37 heavy (non-hydrogen) atoms. The molecule has 2 aromatic carbocycles. The van der Waals surface area contributed by atoms with Gasteiger partial charge in [0.1, 0.15) is 5.75 Å². The van der Waals surface area contributed by atoms with Crippen LogP contribution in [0.15, 0.2) is 63.8 Å². The van der Waals surface area contributed by atoms with Gasteiger partial charge in [0.2, 0.25) is 10.0 Å². The first kappa shape index (κ1) is 26.1. The van der Waals surface area contributed by atoms with E-state index >= 15 is 0 Å². The van der Waals surface area contributed by atoms with Crippen molar-refractivity contribution in [2.45, 2.75) is 11.4 Å². The molecule has 0 spiro atoms. The van der Waals surface area contributed by atoms with Gasteiger partial charge in [-0.15, -0.1) is 11.3 Å². The van der Waals surface area contributed by atoms with E-state index in [1.54, 1.807) is 30.6 Å². The SMILES string of the molecule is COc1ccc(N=c2scc(-c3ccc(S(=O)(=O)N4CCOCC4)cc3)n2CCN2CCOCC2)cc1. The minimum absolute atomic E-state index is 0.302. The Morgan fingerprint density at radius 1 is 0.892 bits per heavy atom. The zero-order valence-corrected chi connectivity index (χ0v) is 22.5. The molecule has 0 unspecified atom stereocenters. The summed E-state index contributed by atoms with van der Waals surface area (Å²) in [5.74, 6) is 0.790. The molecule has 2 saturated heterocycles. The lowest BCUT2D eigenvalue weighted by Crippen LogP contribution is -2.40. The molecule has 5 rings (SSSR count). The number of hydrogen-bond donors (Lipinski definition) is 0. The fraction of sp³-hybridized carbons (Fsp3) is 0.423. The minimum Gasteiger partial charge on any atom is -0.497 e. The summed E-state index contributed by atoms with van der Waals surface area (Å²) in [7, 11) is -1.89. The molecule has 0 aliphatic carbocycles. The van der Waals surface area contributed by atoms with Crippen LogP contribution in [-0.4, -0.2) is 88.5 Å². The third kappa shape index (κ3) is 6.14. The van der Waals surface area contributed by atoms with Gasteiger partial charge in [0.05, 0.1) is 49.8 Å². The van der Waals surface area contributed by atoms with Crippen LogP contribution in [0.1, 0.15) is 0 Å². The fourth-order valence-electron chi connectivity index (χ4n) is 4.43. The maximum Gasteiger partial charge on any atom is 0.243 e. The predicted octanol–water partition coefficient (Wildman–Crippen LogP) is 2.81. The van der Waals surface area contributed by atoms with Crippen LogP contribution in [0.4, 0.5) is 5.69 Å². The Hall–Kier alpha value is -2.54. The van der Waals surface area contributed by atoms with E-state index in [-0.39, 0.29) is 0 Å². The summed E-state index contributed by atoms with van der Waals surface area (Å²) < 4.78 is 45.9. The number of morpholine rings is 2. The van der Waals surface area contributed by atoms with Crippen LogP contribution in [0.3, 0.4) is 0 Å². The van der Waals surface area contributed by atoms with Crippen molar-refractivity contribution >= 4 is 27.0 Å². The first-order valence-electron chi connectivity index (χ1n) is 12.4. The van der Waals surface area contributed by atoms with E-state index in [1.165, 1.54) is 4.31 Å². The van der Waals surface area contributed by atoms with Crippen LogP contribution < -0.4 is 9.54 Å². The van der Waals surface area contributed by atoms with E-state index in [9.17, 15) is 8.42 Å². The van der Waals surface area contributed by atoms with E-state index < -0.39 is 10.0 Å². The van der Waals surface area contributed by atoms with Crippen molar-refractivity contribution in [1.82, 2.24) is 13.8 Å². The number of aromatic nitrogens is 1. The molecule has 2 fully saturated rings. The highest BCUT2D eigenvalue weighted by atomic mass is 32.2. The molecule has 2 aliphatic rings. The van der Waals surface area contributed by atoms with Gasteiger partial charge in [0.15, 0.2) is 4.80 Å². The summed E-state index contributed by atoms with van der Waals surface area (Å²) in [5.41, 5.74) is 2.82. The van der Waals surface area contributed by atoms with Gasteiger partial charge in [-0.1, -0.05) is 12.1 Å². The van der Waals surface area contributed by atoms with Gasteiger partial charge in [0.25, 0.3) is 0 Å². The molecule has 2 aliphatic heterocycles. The van der Waals surface area contributed by atoms with Gasteiger partial charge in [0, 0.05) is 44.6 Å². The second-order valence-corrected chi connectivity index (χ2v) is 11.6. The maximum atomic E-state index is 13.1. The Labute approximate surface area is 221 Å². The van der Waals surface area contributed by atoms with Gasteiger partial charge in [-0.05, 0) is 42.0 Å². The number of nitrogens with zero attached hydrogens (tertiary/aromatic N) is 4. The lowest BCUT2D eigenvalue weighted by molar-refractivity contribution is 0.0363. The van der Waals surface area contributed by atoms with E-state index in [4.69, 9.17) is 19.2 Å². The van der Waals surface area contributed by atoms with Crippen LogP contribution in [0.2, 0.25) is 0 Å². The standard InChI is InChI=1S/C26H32N4O5S2/c1-33-23-6-4-22(5-7-23)27-26-30(11-10-28-12-16-34-17-13-28)25(20-36-26)21-2-8-24(9-3-21)37(31,32)29-14-18-35-19-15-29/h2-9,20H,10-19H2,1H3. The predicted molar refractivity (Wildman–Crippen MR) is 143 cm³/mol. The van der Waals surface area contributed by atoms with E-state index in [2.05, 4.69) is 14.8 Å². The molecule has 11 heteroatoms. The number of ether oxygens (including phenoxy) is 3. The quantitative estimate of drug-likeness (QED) is 0.434. The third-order valence-corrected chi connectivity index (χ3v) is 9.37. The molecule has 3 heterocycles. The molecule has 9 nitrogen and oxygen atoms in total. The van der Waals surface area contributed by atoms with Crippen LogP contribution in [0.5, 0.6) is 5.75 Å².